The number of ketones is 1. The van der Waals surface area contributed by atoms with Gasteiger partial charge in [0.1, 0.15) is 17.4 Å². The summed E-state index contributed by atoms with van der Waals surface area (Å²) in [4.78, 5) is 12.3. The highest BCUT2D eigenvalue weighted by Gasteiger charge is 2.09. The van der Waals surface area contributed by atoms with E-state index in [-0.39, 0.29) is 29.6 Å². The van der Waals surface area contributed by atoms with Crippen molar-refractivity contribution >= 4 is 33.5 Å². The molecule has 0 aliphatic carbocycles. The molecular formula is C15H11BrF2OS. The summed E-state index contributed by atoms with van der Waals surface area (Å²) in [5, 5.41) is 0. The molecule has 0 bridgehead atoms. The molecule has 20 heavy (non-hydrogen) atoms. The molecule has 0 fully saturated rings. The molecule has 5 heteroatoms. The molecule has 2 aromatic carbocycles. The Kier molecular flexibility index (Phi) is 5.31. The summed E-state index contributed by atoms with van der Waals surface area (Å²) in [7, 11) is 0. The first-order valence-electron chi connectivity index (χ1n) is 5.89. The predicted octanol–water partition coefficient (Wildman–Crippen LogP) is 4.63. The number of benzene rings is 2. The summed E-state index contributed by atoms with van der Waals surface area (Å²) < 4.78 is 26.8. The maximum atomic E-state index is 13.4. The lowest BCUT2D eigenvalue weighted by Gasteiger charge is -2.04. The van der Waals surface area contributed by atoms with Crippen LogP contribution in [-0.4, -0.2) is 11.5 Å². The van der Waals surface area contributed by atoms with Crippen molar-refractivity contribution in [3.8, 4) is 0 Å². The number of Topliss-reactive ketones (excluding diaryl/α,β-unsaturated/α-hetero) is 1. The Morgan fingerprint density at radius 3 is 2.55 bits per heavy atom. The van der Waals surface area contributed by atoms with Gasteiger partial charge in [-0.2, -0.15) is 0 Å². The lowest BCUT2D eigenvalue weighted by atomic mass is 10.1. The van der Waals surface area contributed by atoms with Crippen molar-refractivity contribution in [1.82, 2.24) is 0 Å². The Hall–Kier alpha value is -1.20. The van der Waals surface area contributed by atoms with Crippen LogP contribution in [-0.2, 0) is 11.2 Å². The molecule has 0 aromatic heterocycles. The highest BCUT2D eigenvalue weighted by molar-refractivity contribution is 9.10. The van der Waals surface area contributed by atoms with E-state index in [9.17, 15) is 13.6 Å². The lowest BCUT2D eigenvalue weighted by Crippen LogP contribution is -2.06. The molecule has 104 valence electrons. The van der Waals surface area contributed by atoms with Gasteiger partial charge in [0.2, 0.25) is 0 Å². The Bertz CT molecular complexity index is 631. The monoisotopic (exact) mass is 356 g/mol. The number of hydrogen-bond donors (Lipinski definition) is 0. The molecule has 0 spiro atoms. The first kappa shape index (κ1) is 15.2. The van der Waals surface area contributed by atoms with Gasteiger partial charge in [0, 0.05) is 11.3 Å². The fourth-order valence-electron chi connectivity index (χ4n) is 1.65. The summed E-state index contributed by atoms with van der Waals surface area (Å²) in [5.74, 6) is -0.524. The van der Waals surface area contributed by atoms with Gasteiger partial charge < -0.3 is 0 Å². The smallest absolute Gasteiger partial charge is 0.147 e. The average Bonchev–Trinajstić information content (AvgIpc) is 2.42. The van der Waals surface area contributed by atoms with Crippen molar-refractivity contribution in [2.45, 2.75) is 11.3 Å². The summed E-state index contributed by atoms with van der Waals surface area (Å²) in [6.45, 7) is 0. The minimum Gasteiger partial charge on any atom is -0.298 e. The minimum atomic E-state index is -0.359. The topological polar surface area (TPSA) is 17.1 Å². The van der Waals surface area contributed by atoms with Gasteiger partial charge in [-0.3, -0.25) is 4.79 Å². The standard InChI is InChI=1S/C15H11BrF2OS/c16-12-8-10(5-6-13(12)17)7-11(19)9-20-15-4-2-1-3-14(15)18/h1-6,8H,7,9H2. The van der Waals surface area contributed by atoms with E-state index in [4.69, 9.17) is 0 Å². The van der Waals surface area contributed by atoms with Crippen molar-refractivity contribution in [2.24, 2.45) is 0 Å². The van der Waals surface area contributed by atoms with E-state index >= 15 is 0 Å². The summed E-state index contributed by atoms with van der Waals surface area (Å²) in [6.07, 6.45) is 0.209. The Balaban J connectivity index is 1.93. The number of carbonyl (C=O) groups excluding carboxylic acids is 1. The fraction of sp³-hybridized carbons (Fsp3) is 0.133. The maximum Gasteiger partial charge on any atom is 0.147 e. The van der Waals surface area contributed by atoms with E-state index < -0.39 is 0 Å². The lowest BCUT2D eigenvalue weighted by molar-refractivity contribution is -0.116. The minimum absolute atomic E-state index is 0.0308. The maximum absolute atomic E-state index is 13.4. The average molecular weight is 357 g/mol. The molecule has 0 heterocycles. The quantitative estimate of drug-likeness (QED) is 0.726. The van der Waals surface area contributed by atoms with Crippen molar-refractivity contribution in [2.75, 3.05) is 5.75 Å². The number of rotatable bonds is 5. The van der Waals surface area contributed by atoms with Crippen LogP contribution in [0.25, 0.3) is 0 Å². The van der Waals surface area contributed by atoms with Gasteiger partial charge in [0.05, 0.1) is 10.2 Å². The largest absolute Gasteiger partial charge is 0.298 e. The molecule has 0 N–H and O–H groups in total. The summed E-state index contributed by atoms with van der Waals surface area (Å²) >= 11 is 4.25. The highest BCUT2D eigenvalue weighted by Crippen LogP contribution is 2.22. The van der Waals surface area contributed by atoms with Crippen LogP contribution in [0, 0.1) is 11.6 Å². The zero-order valence-corrected chi connectivity index (χ0v) is 12.8. The zero-order chi connectivity index (χ0) is 14.5. The van der Waals surface area contributed by atoms with Crippen molar-refractivity contribution in [3.63, 3.8) is 0 Å². The summed E-state index contributed by atoms with van der Waals surface area (Å²) in [5.41, 5.74) is 0.734. The zero-order valence-electron chi connectivity index (χ0n) is 10.4. The molecule has 0 unspecified atom stereocenters. The molecule has 0 radical (unpaired) electrons. The first-order chi connectivity index (χ1) is 9.56. The Morgan fingerprint density at radius 1 is 1.10 bits per heavy atom. The Morgan fingerprint density at radius 2 is 1.85 bits per heavy atom. The third-order valence-corrected chi connectivity index (χ3v) is 4.33. The number of carbonyl (C=O) groups is 1. The third-order valence-electron chi connectivity index (χ3n) is 2.61. The molecule has 0 saturated carbocycles. The van der Waals surface area contributed by atoms with Crippen molar-refractivity contribution < 1.29 is 13.6 Å². The molecule has 0 aliphatic heterocycles. The van der Waals surface area contributed by atoms with Gasteiger partial charge in [0.15, 0.2) is 0 Å². The second-order valence-electron chi connectivity index (χ2n) is 4.18. The molecule has 0 saturated heterocycles. The molecule has 2 aromatic rings. The van der Waals surface area contributed by atoms with E-state index in [1.807, 2.05) is 0 Å². The molecule has 0 amide bonds. The number of halogens is 3. The normalized spacial score (nSPS) is 10.6. The SMILES string of the molecule is O=C(CSc1ccccc1F)Cc1ccc(F)c(Br)c1. The molecular weight excluding hydrogens is 346 g/mol. The van der Waals surface area contributed by atoms with Crippen LogP contribution >= 0.6 is 27.7 Å². The van der Waals surface area contributed by atoms with E-state index in [1.165, 1.54) is 23.9 Å². The van der Waals surface area contributed by atoms with Crippen LogP contribution < -0.4 is 0 Å². The third kappa shape index (κ3) is 4.15. The van der Waals surface area contributed by atoms with Gasteiger partial charge >= 0.3 is 0 Å². The van der Waals surface area contributed by atoms with Crippen LogP contribution in [0.4, 0.5) is 8.78 Å². The molecule has 1 nitrogen and oxygen atoms in total. The summed E-state index contributed by atoms with van der Waals surface area (Å²) in [6, 6.07) is 10.8. The second kappa shape index (κ2) is 6.99. The van der Waals surface area contributed by atoms with Gasteiger partial charge in [-0.25, -0.2) is 8.78 Å². The molecule has 0 aliphatic rings. The van der Waals surface area contributed by atoms with E-state index in [1.54, 1.807) is 30.3 Å². The van der Waals surface area contributed by atoms with E-state index in [2.05, 4.69) is 15.9 Å². The van der Waals surface area contributed by atoms with Crippen molar-refractivity contribution in [1.29, 1.82) is 0 Å². The van der Waals surface area contributed by atoms with Crippen molar-refractivity contribution in [3.05, 3.63) is 64.1 Å². The second-order valence-corrected chi connectivity index (χ2v) is 6.05. The number of thioether (sulfide) groups is 1. The van der Waals surface area contributed by atoms with E-state index in [0.717, 1.165) is 5.56 Å². The molecule has 0 atom stereocenters. The van der Waals surface area contributed by atoms with E-state index in [0.29, 0.717) is 9.37 Å². The van der Waals surface area contributed by atoms with Crippen LogP contribution in [0.3, 0.4) is 0 Å². The van der Waals surface area contributed by atoms with Crippen LogP contribution in [0.5, 0.6) is 0 Å². The fourth-order valence-corrected chi connectivity index (χ4v) is 2.87. The van der Waals surface area contributed by atoms with Gasteiger partial charge in [-0.15, -0.1) is 11.8 Å². The molecule has 2 rings (SSSR count). The van der Waals surface area contributed by atoms with Crippen LogP contribution in [0.15, 0.2) is 51.8 Å². The van der Waals surface area contributed by atoms with Gasteiger partial charge in [0.25, 0.3) is 0 Å². The Labute approximate surface area is 128 Å². The highest BCUT2D eigenvalue weighted by atomic mass is 79.9. The van der Waals surface area contributed by atoms with Crippen LogP contribution in [0.2, 0.25) is 0 Å². The predicted molar refractivity (Wildman–Crippen MR) is 79.9 cm³/mol. The number of hydrogen-bond acceptors (Lipinski definition) is 2. The van der Waals surface area contributed by atoms with Gasteiger partial charge in [-0.05, 0) is 45.8 Å². The van der Waals surface area contributed by atoms with Gasteiger partial charge in [-0.1, -0.05) is 18.2 Å². The van der Waals surface area contributed by atoms with Crippen LogP contribution in [0.1, 0.15) is 5.56 Å². The first-order valence-corrected chi connectivity index (χ1v) is 7.67.